The lowest BCUT2D eigenvalue weighted by molar-refractivity contribution is 1.21. The van der Waals surface area contributed by atoms with Crippen LogP contribution in [0.1, 0.15) is 0 Å². The van der Waals surface area contributed by atoms with Crippen LogP contribution in [0.5, 0.6) is 0 Å². The molecule has 78 valence electrons. The van der Waals surface area contributed by atoms with Crippen LogP contribution in [-0.2, 0) is 0 Å². The molecule has 3 rings (SSSR count). The minimum atomic E-state index is 0.401. The highest BCUT2D eigenvalue weighted by Gasteiger charge is 2.08. The molecule has 3 heterocycles. The summed E-state index contributed by atoms with van der Waals surface area (Å²) in [6, 6.07) is 3.72. The molecule has 0 saturated heterocycles. The number of aromatic amines is 1. The lowest BCUT2D eigenvalue weighted by Gasteiger charge is -1.93. The van der Waals surface area contributed by atoms with Gasteiger partial charge >= 0.3 is 0 Å². The molecule has 3 aromatic rings. The molecule has 6 nitrogen and oxygen atoms in total. The Balaban J connectivity index is 2.23. The molecule has 6 heteroatoms. The summed E-state index contributed by atoms with van der Waals surface area (Å²) < 4.78 is 0. The van der Waals surface area contributed by atoms with Gasteiger partial charge < -0.3 is 10.7 Å². The average molecular weight is 212 g/mol. The van der Waals surface area contributed by atoms with E-state index in [2.05, 4.69) is 24.9 Å². The first-order valence-corrected chi connectivity index (χ1v) is 4.71. The number of pyridine rings is 1. The summed E-state index contributed by atoms with van der Waals surface area (Å²) in [4.78, 5) is 19.3. The third-order valence-electron chi connectivity index (χ3n) is 2.27. The Hall–Kier alpha value is -2.50. The minimum Gasteiger partial charge on any atom is -0.382 e. The van der Waals surface area contributed by atoms with Gasteiger partial charge in [0, 0.05) is 18.0 Å². The first-order chi connectivity index (χ1) is 7.84. The van der Waals surface area contributed by atoms with Crippen molar-refractivity contribution in [2.24, 2.45) is 0 Å². The van der Waals surface area contributed by atoms with Gasteiger partial charge in [-0.2, -0.15) is 0 Å². The topological polar surface area (TPSA) is 93.4 Å². The molecule has 0 aliphatic carbocycles. The van der Waals surface area contributed by atoms with Crippen molar-refractivity contribution in [3.05, 3.63) is 30.9 Å². The summed E-state index contributed by atoms with van der Waals surface area (Å²) in [6.07, 6.45) is 4.81. The fourth-order valence-electron chi connectivity index (χ4n) is 1.49. The molecule has 0 aliphatic rings. The monoisotopic (exact) mass is 212 g/mol. The van der Waals surface area contributed by atoms with Crippen LogP contribution >= 0.6 is 0 Å². The number of nitrogens with zero attached hydrogens (tertiary/aromatic N) is 4. The Kier molecular flexibility index (Phi) is 1.79. The van der Waals surface area contributed by atoms with Crippen molar-refractivity contribution in [2.75, 3.05) is 5.73 Å². The van der Waals surface area contributed by atoms with Crippen molar-refractivity contribution in [1.29, 1.82) is 0 Å². The van der Waals surface area contributed by atoms with E-state index in [1.54, 1.807) is 12.4 Å². The zero-order valence-electron chi connectivity index (χ0n) is 8.25. The highest BCUT2D eigenvalue weighted by Crippen LogP contribution is 2.20. The lowest BCUT2D eigenvalue weighted by Crippen LogP contribution is -1.91. The third-order valence-corrected chi connectivity index (χ3v) is 2.27. The van der Waals surface area contributed by atoms with E-state index in [1.807, 2.05) is 12.1 Å². The summed E-state index contributed by atoms with van der Waals surface area (Å²) in [6.45, 7) is 0. The number of imidazole rings is 1. The molecule has 0 spiro atoms. The fraction of sp³-hybridized carbons (Fsp3) is 0. The predicted octanol–water partition coefficient (Wildman–Crippen LogP) is 0.997. The van der Waals surface area contributed by atoms with Gasteiger partial charge in [-0.05, 0) is 12.1 Å². The number of hydrogen-bond acceptors (Lipinski definition) is 5. The molecule has 16 heavy (non-hydrogen) atoms. The van der Waals surface area contributed by atoms with Crippen LogP contribution in [0.4, 0.5) is 5.82 Å². The summed E-state index contributed by atoms with van der Waals surface area (Å²) >= 11 is 0. The number of nitrogens with two attached hydrogens (primary N) is 1. The van der Waals surface area contributed by atoms with Crippen molar-refractivity contribution in [1.82, 2.24) is 24.9 Å². The highest BCUT2D eigenvalue weighted by atomic mass is 15.0. The minimum absolute atomic E-state index is 0.401. The number of aromatic nitrogens is 5. The van der Waals surface area contributed by atoms with Gasteiger partial charge in [-0.25, -0.2) is 15.0 Å². The van der Waals surface area contributed by atoms with E-state index in [0.29, 0.717) is 22.8 Å². The fourth-order valence-corrected chi connectivity index (χ4v) is 1.49. The lowest BCUT2D eigenvalue weighted by atomic mass is 10.3. The number of nitrogens with one attached hydrogen (secondary N) is 1. The van der Waals surface area contributed by atoms with Gasteiger partial charge in [-0.3, -0.25) is 4.98 Å². The molecule has 3 aromatic heterocycles. The zero-order chi connectivity index (χ0) is 11.0. The summed E-state index contributed by atoms with van der Waals surface area (Å²) in [5.41, 5.74) is 7.88. The van der Waals surface area contributed by atoms with Crippen LogP contribution in [0.15, 0.2) is 30.9 Å². The van der Waals surface area contributed by atoms with E-state index in [-0.39, 0.29) is 0 Å². The first-order valence-electron chi connectivity index (χ1n) is 4.71. The van der Waals surface area contributed by atoms with Crippen LogP contribution in [0.2, 0.25) is 0 Å². The maximum absolute atomic E-state index is 5.71. The largest absolute Gasteiger partial charge is 0.382 e. The molecule has 0 bridgehead atoms. The Morgan fingerprint density at radius 3 is 2.69 bits per heavy atom. The van der Waals surface area contributed by atoms with Crippen LogP contribution < -0.4 is 5.73 Å². The first kappa shape index (κ1) is 8.78. The van der Waals surface area contributed by atoms with Crippen LogP contribution in [0, 0.1) is 0 Å². The Morgan fingerprint density at radius 2 is 1.94 bits per heavy atom. The average Bonchev–Trinajstić information content (AvgIpc) is 2.76. The van der Waals surface area contributed by atoms with E-state index in [4.69, 9.17) is 5.73 Å². The molecule has 3 N–H and O–H groups in total. The van der Waals surface area contributed by atoms with E-state index in [1.165, 1.54) is 6.33 Å². The summed E-state index contributed by atoms with van der Waals surface area (Å²) in [7, 11) is 0. The maximum Gasteiger partial charge on any atom is 0.183 e. The Bertz CT molecular complexity index is 630. The maximum atomic E-state index is 5.71. The van der Waals surface area contributed by atoms with Gasteiger partial charge in [0.05, 0.1) is 0 Å². The van der Waals surface area contributed by atoms with E-state index < -0.39 is 0 Å². The van der Waals surface area contributed by atoms with Crippen molar-refractivity contribution in [3.63, 3.8) is 0 Å². The number of H-pyrrole nitrogens is 1. The summed E-state index contributed by atoms with van der Waals surface area (Å²) in [5, 5.41) is 0. The Labute approximate surface area is 90.6 Å². The second-order valence-corrected chi connectivity index (χ2v) is 3.28. The van der Waals surface area contributed by atoms with Gasteiger partial charge in [0.2, 0.25) is 0 Å². The van der Waals surface area contributed by atoms with E-state index in [9.17, 15) is 0 Å². The molecule has 0 atom stereocenters. The second kappa shape index (κ2) is 3.27. The van der Waals surface area contributed by atoms with Crippen molar-refractivity contribution >= 4 is 17.0 Å². The molecule has 0 saturated carbocycles. The van der Waals surface area contributed by atoms with Gasteiger partial charge in [0.15, 0.2) is 11.5 Å². The molecule has 0 amide bonds. The Morgan fingerprint density at radius 1 is 1.12 bits per heavy atom. The van der Waals surface area contributed by atoms with Crippen molar-refractivity contribution < 1.29 is 0 Å². The molecule has 0 unspecified atom stereocenters. The number of hydrogen-bond donors (Lipinski definition) is 2. The van der Waals surface area contributed by atoms with Gasteiger partial charge in [-0.15, -0.1) is 0 Å². The number of nitrogen functional groups attached to an aromatic ring is 1. The predicted molar refractivity (Wildman–Crippen MR) is 59.3 cm³/mol. The standard InChI is InChI=1S/C10H8N6/c11-8-7-10(14-5-13-8)16-9(15-7)6-1-3-12-4-2-6/h1-5H,(H3,11,13,14,15,16). The van der Waals surface area contributed by atoms with Crippen LogP contribution in [0.3, 0.4) is 0 Å². The SMILES string of the molecule is Nc1ncnc2nc(-c3ccncc3)[nH]c12. The molecule has 0 aliphatic heterocycles. The van der Waals surface area contributed by atoms with Gasteiger partial charge in [0.25, 0.3) is 0 Å². The van der Waals surface area contributed by atoms with Crippen molar-refractivity contribution in [3.8, 4) is 11.4 Å². The highest BCUT2D eigenvalue weighted by molar-refractivity contribution is 5.84. The number of fused-ring (bicyclic) bond motifs is 1. The third kappa shape index (κ3) is 1.28. The second-order valence-electron chi connectivity index (χ2n) is 3.28. The summed E-state index contributed by atoms with van der Waals surface area (Å²) in [5.74, 6) is 1.11. The van der Waals surface area contributed by atoms with Crippen LogP contribution in [0.25, 0.3) is 22.6 Å². The molecule has 0 fully saturated rings. The van der Waals surface area contributed by atoms with E-state index >= 15 is 0 Å². The zero-order valence-corrected chi connectivity index (χ0v) is 8.25. The smallest absolute Gasteiger partial charge is 0.183 e. The normalized spacial score (nSPS) is 10.8. The van der Waals surface area contributed by atoms with Crippen molar-refractivity contribution in [2.45, 2.75) is 0 Å². The molecule has 0 radical (unpaired) electrons. The molecule has 0 aromatic carbocycles. The molecular formula is C10H8N6. The van der Waals surface area contributed by atoms with Gasteiger partial charge in [0.1, 0.15) is 17.7 Å². The number of anilines is 1. The number of rotatable bonds is 1. The van der Waals surface area contributed by atoms with Gasteiger partial charge in [-0.1, -0.05) is 0 Å². The van der Waals surface area contributed by atoms with E-state index in [0.717, 1.165) is 5.56 Å². The van der Waals surface area contributed by atoms with Crippen LogP contribution in [-0.4, -0.2) is 24.9 Å². The quantitative estimate of drug-likeness (QED) is 0.627. The molecular weight excluding hydrogens is 204 g/mol.